The van der Waals surface area contributed by atoms with Gasteiger partial charge in [-0.05, 0) is 36.5 Å². The zero-order valence-corrected chi connectivity index (χ0v) is 11.7. The first-order valence-electron chi connectivity index (χ1n) is 6.41. The van der Waals surface area contributed by atoms with Crippen molar-refractivity contribution < 1.29 is 9.18 Å². The number of carbonyl (C=O) groups is 1. The molecule has 1 amide bonds. The molecule has 1 heterocycles. The van der Waals surface area contributed by atoms with Crippen molar-refractivity contribution in [3.8, 4) is 0 Å². The number of carbonyl (C=O) groups excluding carboxylic acids is 1. The molecule has 1 aromatic carbocycles. The Balaban J connectivity index is 0.00000180. The van der Waals surface area contributed by atoms with E-state index in [0.29, 0.717) is 18.9 Å². The lowest BCUT2D eigenvalue weighted by molar-refractivity contribution is -0.130. The molecule has 19 heavy (non-hydrogen) atoms. The highest BCUT2D eigenvalue weighted by Gasteiger charge is 2.25. The molecule has 0 aliphatic carbocycles. The summed E-state index contributed by atoms with van der Waals surface area (Å²) in [6, 6.07) is 6.61. The SMILES string of the molecule is Cl.NCCC(=O)N1CCC(Cc2ccc(F)cc2)C1. The number of hydrogen-bond donors (Lipinski definition) is 1. The van der Waals surface area contributed by atoms with E-state index >= 15 is 0 Å². The van der Waals surface area contributed by atoms with Crippen molar-refractivity contribution in [2.75, 3.05) is 19.6 Å². The number of likely N-dealkylation sites (tertiary alicyclic amines) is 1. The number of rotatable bonds is 4. The first-order valence-corrected chi connectivity index (χ1v) is 6.41. The maximum atomic E-state index is 12.8. The third kappa shape index (κ3) is 4.48. The number of halogens is 2. The van der Waals surface area contributed by atoms with Crippen molar-refractivity contribution in [3.05, 3.63) is 35.6 Å². The van der Waals surface area contributed by atoms with Crippen LogP contribution in [-0.2, 0) is 11.2 Å². The molecule has 106 valence electrons. The molecular weight excluding hydrogens is 267 g/mol. The summed E-state index contributed by atoms with van der Waals surface area (Å²) < 4.78 is 12.8. The van der Waals surface area contributed by atoms with E-state index in [-0.39, 0.29) is 24.1 Å². The van der Waals surface area contributed by atoms with Gasteiger partial charge in [-0.1, -0.05) is 12.1 Å². The van der Waals surface area contributed by atoms with E-state index in [1.165, 1.54) is 12.1 Å². The van der Waals surface area contributed by atoms with Crippen LogP contribution in [0.3, 0.4) is 0 Å². The van der Waals surface area contributed by atoms with Gasteiger partial charge in [0.2, 0.25) is 5.91 Å². The lowest BCUT2D eigenvalue weighted by Gasteiger charge is -2.16. The van der Waals surface area contributed by atoms with Crippen LogP contribution in [0.25, 0.3) is 0 Å². The second-order valence-electron chi connectivity index (χ2n) is 4.86. The molecule has 2 rings (SSSR count). The van der Waals surface area contributed by atoms with Gasteiger partial charge in [0.15, 0.2) is 0 Å². The van der Waals surface area contributed by atoms with Gasteiger partial charge in [0.05, 0.1) is 0 Å². The number of amides is 1. The summed E-state index contributed by atoms with van der Waals surface area (Å²) in [5, 5.41) is 0. The molecule has 1 atom stereocenters. The molecule has 2 N–H and O–H groups in total. The van der Waals surface area contributed by atoms with E-state index in [2.05, 4.69) is 0 Å². The highest BCUT2D eigenvalue weighted by Crippen LogP contribution is 2.21. The maximum Gasteiger partial charge on any atom is 0.223 e. The van der Waals surface area contributed by atoms with Crippen LogP contribution in [0, 0.1) is 11.7 Å². The number of hydrogen-bond acceptors (Lipinski definition) is 2. The highest BCUT2D eigenvalue weighted by molar-refractivity contribution is 5.85. The minimum atomic E-state index is -0.204. The van der Waals surface area contributed by atoms with E-state index in [4.69, 9.17) is 5.73 Å². The Morgan fingerprint density at radius 2 is 2.05 bits per heavy atom. The Morgan fingerprint density at radius 3 is 2.68 bits per heavy atom. The Bertz CT molecular complexity index is 410. The minimum absolute atomic E-state index is 0. The van der Waals surface area contributed by atoms with Gasteiger partial charge >= 0.3 is 0 Å². The fourth-order valence-electron chi connectivity index (χ4n) is 2.46. The lowest BCUT2D eigenvalue weighted by Crippen LogP contribution is -2.30. The molecule has 0 spiro atoms. The summed E-state index contributed by atoms with van der Waals surface area (Å²) in [7, 11) is 0. The summed E-state index contributed by atoms with van der Waals surface area (Å²) in [6.07, 6.45) is 2.36. The van der Waals surface area contributed by atoms with Crippen molar-refractivity contribution in [3.63, 3.8) is 0 Å². The third-order valence-electron chi connectivity index (χ3n) is 3.43. The van der Waals surface area contributed by atoms with E-state index in [1.54, 1.807) is 0 Å². The summed E-state index contributed by atoms with van der Waals surface area (Å²) in [5.74, 6) is 0.432. The average molecular weight is 287 g/mol. The molecule has 0 aromatic heterocycles. The first kappa shape index (κ1) is 15.9. The molecule has 1 aromatic rings. The van der Waals surface area contributed by atoms with Gasteiger partial charge in [-0.2, -0.15) is 0 Å². The molecule has 3 nitrogen and oxygen atoms in total. The largest absolute Gasteiger partial charge is 0.342 e. The lowest BCUT2D eigenvalue weighted by atomic mass is 9.99. The van der Waals surface area contributed by atoms with E-state index in [1.807, 2.05) is 17.0 Å². The number of benzene rings is 1. The van der Waals surface area contributed by atoms with Crippen LogP contribution in [0.2, 0.25) is 0 Å². The molecule has 1 unspecified atom stereocenters. The summed E-state index contributed by atoms with van der Waals surface area (Å²) in [4.78, 5) is 13.6. The van der Waals surface area contributed by atoms with Crippen LogP contribution in [-0.4, -0.2) is 30.4 Å². The molecule has 1 aliphatic rings. The number of nitrogens with zero attached hydrogens (tertiary/aromatic N) is 1. The predicted molar refractivity (Wildman–Crippen MR) is 75.7 cm³/mol. The molecular formula is C14H20ClFN2O. The van der Waals surface area contributed by atoms with Gasteiger partial charge in [-0.3, -0.25) is 4.79 Å². The van der Waals surface area contributed by atoms with Crippen molar-refractivity contribution >= 4 is 18.3 Å². The molecule has 0 radical (unpaired) electrons. The zero-order valence-electron chi connectivity index (χ0n) is 10.8. The average Bonchev–Trinajstić information content (AvgIpc) is 2.81. The minimum Gasteiger partial charge on any atom is -0.342 e. The van der Waals surface area contributed by atoms with Crippen LogP contribution in [0.15, 0.2) is 24.3 Å². The summed E-state index contributed by atoms with van der Waals surface area (Å²) in [5.41, 5.74) is 6.52. The normalized spacial score (nSPS) is 18.2. The third-order valence-corrected chi connectivity index (χ3v) is 3.43. The maximum absolute atomic E-state index is 12.8. The quantitative estimate of drug-likeness (QED) is 0.920. The molecule has 1 fully saturated rings. The highest BCUT2D eigenvalue weighted by atomic mass is 35.5. The van der Waals surface area contributed by atoms with Crippen LogP contribution in [0.5, 0.6) is 0 Å². The van der Waals surface area contributed by atoms with Crippen LogP contribution < -0.4 is 5.73 Å². The Morgan fingerprint density at radius 1 is 1.37 bits per heavy atom. The summed E-state index contributed by atoms with van der Waals surface area (Å²) >= 11 is 0. The fourth-order valence-corrected chi connectivity index (χ4v) is 2.46. The Hall–Kier alpha value is -1.13. The van der Waals surface area contributed by atoms with Crippen LogP contribution in [0.1, 0.15) is 18.4 Å². The fraction of sp³-hybridized carbons (Fsp3) is 0.500. The number of nitrogens with two attached hydrogens (primary N) is 1. The first-order chi connectivity index (χ1) is 8.69. The second-order valence-corrected chi connectivity index (χ2v) is 4.86. The zero-order chi connectivity index (χ0) is 13.0. The standard InChI is InChI=1S/C14H19FN2O.ClH/c15-13-3-1-11(2-4-13)9-12-6-8-17(10-12)14(18)5-7-16;/h1-4,12H,5-10,16H2;1H. The molecule has 0 bridgehead atoms. The second kappa shape index (κ2) is 7.46. The van der Waals surface area contributed by atoms with Crippen LogP contribution in [0.4, 0.5) is 4.39 Å². The van der Waals surface area contributed by atoms with Gasteiger partial charge in [0.25, 0.3) is 0 Å². The Kier molecular flexibility index (Phi) is 6.25. The molecule has 1 saturated heterocycles. The monoisotopic (exact) mass is 286 g/mol. The van der Waals surface area contributed by atoms with Gasteiger partial charge in [0.1, 0.15) is 5.82 Å². The molecule has 1 aliphatic heterocycles. The smallest absolute Gasteiger partial charge is 0.223 e. The van der Waals surface area contributed by atoms with Crippen molar-refractivity contribution in [2.45, 2.75) is 19.3 Å². The van der Waals surface area contributed by atoms with Crippen molar-refractivity contribution in [1.82, 2.24) is 4.90 Å². The summed E-state index contributed by atoms with van der Waals surface area (Å²) in [6.45, 7) is 2.04. The van der Waals surface area contributed by atoms with Gasteiger partial charge in [-0.15, -0.1) is 12.4 Å². The predicted octanol–water partition coefficient (Wildman–Crippen LogP) is 1.99. The molecule has 0 saturated carbocycles. The van der Waals surface area contributed by atoms with E-state index < -0.39 is 0 Å². The Labute approximate surface area is 119 Å². The van der Waals surface area contributed by atoms with E-state index in [0.717, 1.165) is 31.5 Å². The van der Waals surface area contributed by atoms with Gasteiger partial charge in [-0.25, -0.2) is 4.39 Å². The topological polar surface area (TPSA) is 46.3 Å². The van der Waals surface area contributed by atoms with E-state index in [9.17, 15) is 9.18 Å². The van der Waals surface area contributed by atoms with Gasteiger partial charge in [0, 0.05) is 26.1 Å². The van der Waals surface area contributed by atoms with Crippen LogP contribution >= 0.6 is 12.4 Å². The van der Waals surface area contributed by atoms with Crippen molar-refractivity contribution in [2.24, 2.45) is 11.7 Å². The van der Waals surface area contributed by atoms with Gasteiger partial charge < -0.3 is 10.6 Å². The molecule has 5 heteroatoms. The van der Waals surface area contributed by atoms with Crippen molar-refractivity contribution in [1.29, 1.82) is 0 Å².